The first-order valence-corrected chi connectivity index (χ1v) is 8.77. The van der Waals surface area contributed by atoms with E-state index >= 15 is 0 Å². The Morgan fingerprint density at radius 1 is 1.22 bits per heavy atom. The molecule has 1 aromatic carbocycles. The molecule has 5 nitrogen and oxygen atoms in total. The molecule has 1 aliphatic rings. The average molecular weight is 491 g/mol. The molecule has 0 saturated carbocycles. The van der Waals surface area contributed by atoms with E-state index in [0.29, 0.717) is 24.8 Å². The van der Waals surface area contributed by atoms with Gasteiger partial charge in [0.2, 0.25) is 0 Å². The van der Waals surface area contributed by atoms with Gasteiger partial charge in [0.1, 0.15) is 17.4 Å². The number of nitrogens with zero attached hydrogens (tertiary/aromatic N) is 1. The van der Waals surface area contributed by atoms with Crippen molar-refractivity contribution in [1.82, 2.24) is 10.6 Å². The molecule has 27 heavy (non-hydrogen) atoms. The largest absolute Gasteiger partial charge is 0.469 e. The number of aliphatic imine (C=N–C) groups is 1. The average Bonchev–Trinajstić information content (AvgIpc) is 3.33. The van der Waals surface area contributed by atoms with E-state index in [1.165, 1.54) is 6.07 Å². The molecule has 1 aromatic heterocycles. The van der Waals surface area contributed by atoms with E-state index in [1.807, 2.05) is 12.1 Å². The summed E-state index contributed by atoms with van der Waals surface area (Å²) >= 11 is 0. The first kappa shape index (κ1) is 21.6. The fraction of sp³-hybridized carbons (Fsp3) is 0.421. The monoisotopic (exact) mass is 491 g/mol. The van der Waals surface area contributed by atoms with Crippen molar-refractivity contribution in [2.75, 3.05) is 26.3 Å². The molecule has 2 aromatic rings. The summed E-state index contributed by atoms with van der Waals surface area (Å²) in [5.41, 5.74) is 0.223. The molecule has 1 saturated heterocycles. The van der Waals surface area contributed by atoms with Crippen molar-refractivity contribution in [3.8, 4) is 0 Å². The zero-order valence-corrected chi connectivity index (χ0v) is 17.2. The molecule has 0 spiro atoms. The van der Waals surface area contributed by atoms with Crippen LogP contribution in [0.2, 0.25) is 0 Å². The summed E-state index contributed by atoms with van der Waals surface area (Å²) in [5, 5.41) is 6.47. The van der Waals surface area contributed by atoms with Crippen LogP contribution in [-0.2, 0) is 17.7 Å². The smallest absolute Gasteiger partial charge is 0.191 e. The Bertz CT molecular complexity index is 720. The second-order valence-electron chi connectivity index (χ2n) is 6.27. The van der Waals surface area contributed by atoms with E-state index in [1.54, 1.807) is 6.26 Å². The van der Waals surface area contributed by atoms with Gasteiger partial charge in [0.15, 0.2) is 5.96 Å². The molecular formula is C19H24F2IN3O2. The van der Waals surface area contributed by atoms with Crippen LogP contribution in [-0.4, -0.2) is 32.3 Å². The van der Waals surface area contributed by atoms with E-state index < -0.39 is 11.6 Å². The molecule has 1 unspecified atom stereocenters. The number of halogens is 3. The quantitative estimate of drug-likeness (QED) is 0.354. The number of rotatable bonds is 7. The van der Waals surface area contributed by atoms with E-state index in [4.69, 9.17) is 9.15 Å². The predicted molar refractivity (Wildman–Crippen MR) is 110 cm³/mol. The standard InChI is InChI=1S/C19H23F2N3O2.HI/c20-16-3-4-18(21)15(10-16)12-24-19(23-11-14-6-9-25-13-14)22-7-5-17-2-1-8-26-17;/h1-4,8,10,14H,5-7,9,11-13H2,(H2,22,23,24);1H. The van der Waals surface area contributed by atoms with Crippen molar-refractivity contribution in [1.29, 1.82) is 0 Å². The number of hydrogen-bond donors (Lipinski definition) is 2. The Hall–Kier alpha value is -1.68. The molecule has 0 aliphatic carbocycles. The molecule has 3 rings (SSSR count). The van der Waals surface area contributed by atoms with Crippen LogP contribution in [0.15, 0.2) is 46.0 Å². The van der Waals surface area contributed by atoms with Gasteiger partial charge in [-0.25, -0.2) is 13.8 Å². The normalized spacial score (nSPS) is 16.8. The molecule has 2 N–H and O–H groups in total. The predicted octanol–water partition coefficient (Wildman–Crippen LogP) is 3.49. The third kappa shape index (κ3) is 7.10. The minimum Gasteiger partial charge on any atom is -0.469 e. The van der Waals surface area contributed by atoms with Crippen molar-refractivity contribution in [3.63, 3.8) is 0 Å². The van der Waals surface area contributed by atoms with Crippen LogP contribution < -0.4 is 10.6 Å². The molecule has 8 heteroatoms. The van der Waals surface area contributed by atoms with Gasteiger partial charge >= 0.3 is 0 Å². The van der Waals surface area contributed by atoms with Crippen molar-refractivity contribution in [3.05, 3.63) is 59.6 Å². The Kier molecular flexibility index (Phi) is 8.99. The van der Waals surface area contributed by atoms with Gasteiger partial charge in [-0.05, 0) is 36.8 Å². The molecule has 1 fully saturated rings. The van der Waals surface area contributed by atoms with Crippen LogP contribution in [0.4, 0.5) is 8.78 Å². The lowest BCUT2D eigenvalue weighted by molar-refractivity contribution is 0.186. The summed E-state index contributed by atoms with van der Waals surface area (Å²) in [6.45, 7) is 2.90. The Labute approximate surface area is 174 Å². The molecule has 0 amide bonds. The maximum Gasteiger partial charge on any atom is 0.191 e. The van der Waals surface area contributed by atoms with E-state index in [0.717, 1.165) is 44.1 Å². The molecule has 148 valence electrons. The molecule has 1 atom stereocenters. The summed E-state index contributed by atoms with van der Waals surface area (Å²) in [7, 11) is 0. The molecule has 2 heterocycles. The maximum absolute atomic E-state index is 13.8. The lowest BCUT2D eigenvalue weighted by Crippen LogP contribution is -2.41. The van der Waals surface area contributed by atoms with Gasteiger partial charge in [0, 0.05) is 37.6 Å². The van der Waals surface area contributed by atoms with Crippen molar-refractivity contribution in [2.24, 2.45) is 10.9 Å². The van der Waals surface area contributed by atoms with Crippen LogP contribution in [0, 0.1) is 17.6 Å². The summed E-state index contributed by atoms with van der Waals surface area (Å²) in [6.07, 6.45) is 3.34. The number of hydrogen-bond acceptors (Lipinski definition) is 3. The number of guanidine groups is 1. The second-order valence-corrected chi connectivity index (χ2v) is 6.27. The Balaban J connectivity index is 0.00000261. The minimum atomic E-state index is -0.472. The zero-order valence-electron chi connectivity index (χ0n) is 14.9. The second kappa shape index (κ2) is 11.2. The number of furan rings is 1. The van der Waals surface area contributed by atoms with E-state index in [2.05, 4.69) is 15.6 Å². The van der Waals surface area contributed by atoms with Gasteiger partial charge in [-0.15, -0.1) is 24.0 Å². The zero-order chi connectivity index (χ0) is 18.2. The van der Waals surface area contributed by atoms with Crippen LogP contribution in [0.1, 0.15) is 17.7 Å². The number of benzene rings is 1. The van der Waals surface area contributed by atoms with Crippen molar-refractivity contribution in [2.45, 2.75) is 19.4 Å². The van der Waals surface area contributed by atoms with E-state index in [-0.39, 0.29) is 36.1 Å². The third-order valence-electron chi connectivity index (χ3n) is 4.24. The Morgan fingerprint density at radius 3 is 2.85 bits per heavy atom. The van der Waals surface area contributed by atoms with Crippen LogP contribution in [0.25, 0.3) is 0 Å². The first-order chi connectivity index (χ1) is 12.7. The van der Waals surface area contributed by atoms with Gasteiger partial charge in [-0.3, -0.25) is 0 Å². The summed E-state index contributed by atoms with van der Waals surface area (Å²) in [5.74, 6) is 0.927. The summed E-state index contributed by atoms with van der Waals surface area (Å²) < 4.78 is 37.8. The maximum atomic E-state index is 13.8. The van der Waals surface area contributed by atoms with Crippen LogP contribution in [0.5, 0.6) is 0 Å². The van der Waals surface area contributed by atoms with Gasteiger partial charge in [0.05, 0.1) is 19.4 Å². The molecular weight excluding hydrogens is 467 g/mol. The SMILES string of the molecule is Fc1ccc(F)c(CN=C(NCCc2ccco2)NCC2CCOC2)c1.I. The van der Waals surface area contributed by atoms with Crippen molar-refractivity contribution < 1.29 is 17.9 Å². The highest BCUT2D eigenvalue weighted by atomic mass is 127. The fourth-order valence-corrected chi connectivity index (χ4v) is 2.75. The molecule has 0 radical (unpaired) electrons. The number of nitrogens with one attached hydrogen (secondary N) is 2. The van der Waals surface area contributed by atoms with Crippen LogP contribution in [0.3, 0.4) is 0 Å². The Morgan fingerprint density at radius 2 is 2.11 bits per heavy atom. The lowest BCUT2D eigenvalue weighted by atomic mass is 10.1. The molecule has 0 bridgehead atoms. The van der Waals surface area contributed by atoms with Gasteiger partial charge in [-0.2, -0.15) is 0 Å². The van der Waals surface area contributed by atoms with E-state index in [9.17, 15) is 8.78 Å². The first-order valence-electron chi connectivity index (χ1n) is 8.77. The summed E-state index contributed by atoms with van der Waals surface area (Å²) in [6, 6.07) is 7.14. The topological polar surface area (TPSA) is 58.8 Å². The summed E-state index contributed by atoms with van der Waals surface area (Å²) in [4.78, 5) is 4.39. The highest BCUT2D eigenvalue weighted by Crippen LogP contribution is 2.12. The fourth-order valence-electron chi connectivity index (χ4n) is 2.75. The highest BCUT2D eigenvalue weighted by Gasteiger charge is 2.16. The van der Waals surface area contributed by atoms with Gasteiger partial charge < -0.3 is 19.8 Å². The minimum absolute atomic E-state index is 0. The van der Waals surface area contributed by atoms with Gasteiger partial charge in [-0.1, -0.05) is 0 Å². The lowest BCUT2D eigenvalue weighted by Gasteiger charge is -2.15. The third-order valence-corrected chi connectivity index (χ3v) is 4.24. The highest BCUT2D eigenvalue weighted by molar-refractivity contribution is 14.0. The van der Waals surface area contributed by atoms with Crippen LogP contribution >= 0.6 is 24.0 Å². The number of ether oxygens (including phenoxy) is 1. The molecule has 1 aliphatic heterocycles. The van der Waals surface area contributed by atoms with Gasteiger partial charge in [0.25, 0.3) is 0 Å². The van der Waals surface area contributed by atoms with Crippen molar-refractivity contribution >= 4 is 29.9 Å².